The van der Waals surface area contributed by atoms with Gasteiger partial charge < -0.3 is 20.3 Å². The highest BCUT2D eigenvalue weighted by Gasteiger charge is 2.32. The lowest BCUT2D eigenvalue weighted by Gasteiger charge is -2.23. The molecular formula is C12H15NO4. The highest BCUT2D eigenvalue weighted by molar-refractivity contribution is 5.98. The number of benzene rings is 1. The molecule has 5 heteroatoms. The van der Waals surface area contributed by atoms with Crippen molar-refractivity contribution >= 4 is 5.91 Å². The van der Waals surface area contributed by atoms with Gasteiger partial charge in [-0.1, -0.05) is 6.07 Å². The van der Waals surface area contributed by atoms with Crippen LogP contribution in [0.3, 0.4) is 0 Å². The van der Waals surface area contributed by atoms with Crippen LogP contribution in [0.15, 0.2) is 18.2 Å². The van der Waals surface area contributed by atoms with Crippen molar-refractivity contribution < 1.29 is 19.7 Å². The third-order valence-corrected chi connectivity index (χ3v) is 2.89. The van der Waals surface area contributed by atoms with Crippen molar-refractivity contribution in [2.24, 2.45) is 0 Å². The van der Waals surface area contributed by atoms with Gasteiger partial charge in [0.15, 0.2) is 11.5 Å². The number of aromatic hydroxyl groups is 2. The van der Waals surface area contributed by atoms with E-state index in [0.29, 0.717) is 13.2 Å². The summed E-state index contributed by atoms with van der Waals surface area (Å²) in [6.07, 6.45) is 0.734. The standard InChI is InChI=1S/C12H15NO4/c1-12(5-6-17-7-12)13-11(16)8-3-2-4-9(14)10(8)15/h2-4,14-15H,5-7H2,1H3,(H,13,16). The van der Waals surface area contributed by atoms with E-state index < -0.39 is 17.2 Å². The normalized spacial score (nSPS) is 23.6. The van der Waals surface area contributed by atoms with Crippen molar-refractivity contribution in [1.82, 2.24) is 5.32 Å². The molecule has 3 N–H and O–H groups in total. The third-order valence-electron chi connectivity index (χ3n) is 2.89. The molecule has 0 radical (unpaired) electrons. The van der Waals surface area contributed by atoms with Gasteiger partial charge in [0.1, 0.15) is 0 Å². The molecule has 1 atom stereocenters. The quantitative estimate of drug-likeness (QED) is 0.671. The Labute approximate surface area is 99.0 Å². The predicted molar refractivity (Wildman–Crippen MR) is 61.1 cm³/mol. The fourth-order valence-corrected chi connectivity index (χ4v) is 1.82. The Kier molecular flexibility index (Phi) is 2.93. The summed E-state index contributed by atoms with van der Waals surface area (Å²) in [5.74, 6) is -1.11. The van der Waals surface area contributed by atoms with Crippen LogP contribution in [0.2, 0.25) is 0 Å². The number of hydrogen-bond acceptors (Lipinski definition) is 4. The molecular weight excluding hydrogens is 222 g/mol. The Bertz CT molecular complexity index is 438. The first-order valence-electron chi connectivity index (χ1n) is 5.43. The van der Waals surface area contributed by atoms with Crippen molar-refractivity contribution in [3.63, 3.8) is 0 Å². The minimum Gasteiger partial charge on any atom is -0.504 e. The minimum atomic E-state index is -0.411. The first-order valence-corrected chi connectivity index (χ1v) is 5.43. The number of phenols is 2. The van der Waals surface area contributed by atoms with Gasteiger partial charge in [-0.3, -0.25) is 4.79 Å². The van der Waals surface area contributed by atoms with Gasteiger partial charge in [0.05, 0.1) is 17.7 Å². The maximum atomic E-state index is 11.9. The Morgan fingerprint density at radius 2 is 2.24 bits per heavy atom. The molecule has 1 unspecified atom stereocenters. The number of carbonyl (C=O) groups is 1. The number of hydrogen-bond donors (Lipinski definition) is 3. The molecule has 1 saturated heterocycles. The molecule has 1 aromatic carbocycles. The van der Waals surface area contributed by atoms with Crippen molar-refractivity contribution in [3.8, 4) is 11.5 Å². The van der Waals surface area contributed by atoms with Crippen molar-refractivity contribution in [2.45, 2.75) is 18.9 Å². The van der Waals surface area contributed by atoms with Crippen LogP contribution in [-0.4, -0.2) is 34.9 Å². The van der Waals surface area contributed by atoms with Crippen LogP contribution in [0, 0.1) is 0 Å². The Hall–Kier alpha value is -1.75. The second kappa shape index (κ2) is 4.25. The summed E-state index contributed by atoms with van der Waals surface area (Å²) in [5.41, 5.74) is -0.340. The molecule has 1 aliphatic rings. The fourth-order valence-electron chi connectivity index (χ4n) is 1.82. The number of para-hydroxylation sites is 1. The molecule has 2 rings (SSSR count). The fraction of sp³-hybridized carbons (Fsp3) is 0.417. The molecule has 1 heterocycles. The molecule has 0 aromatic heterocycles. The molecule has 1 aliphatic heterocycles. The molecule has 0 bridgehead atoms. The van der Waals surface area contributed by atoms with Gasteiger partial charge in [0, 0.05) is 6.61 Å². The number of carbonyl (C=O) groups excluding carboxylic acids is 1. The third kappa shape index (κ3) is 2.34. The van der Waals surface area contributed by atoms with Crippen LogP contribution in [0.4, 0.5) is 0 Å². The van der Waals surface area contributed by atoms with Gasteiger partial charge >= 0.3 is 0 Å². The zero-order valence-corrected chi connectivity index (χ0v) is 9.56. The molecule has 1 amide bonds. The van der Waals surface area contributed by atoms with Crippen molar-refractivity contribution in [1.29, 1.82) is 0 Å². The summed E-state index contributed by atoms with van der Waals surface area (Å²) in [5, 5.41) is 21.7. The summed E-state index contributed by atoms with van der Waals surface area (Å²) in [6, 6.07) is 4.30. The monoisotopic (exact) mass is 237 g/mol. The number of phenolic OH excluding ortho intramolecular Hbond substituents is 2. The lowest BCUT2D eigenvalue weighted by atomic mass is 10.0. The Balaban J connectivity index is 2.17. The van der Waals surface area contributed by atoms with E-state index in [1.165, 1.54) is 18.2 Å². The second-order valence-corrected chi connectivity index (χ2v) is 4.49. The molecule has 0 aliphatic carbocycles. The first kappa shape index (κ1) is 11.7. The maximum absolute atomic E-state index is 11.9. The number of amides is 1. The van der Waals surface area contributed by atoms with E-state index in [-0.39, 0.29) is 11.3 Å². The van der Waals surface area contributed by atoms with E-state index in [4.69, 9.17) is 4.74 Å². The van der Waals surface area contributed by atoms with Gasteiger partial charge in [-0.25, -0.2) is 0 Å². The summed E-state index contributed by atoms with van der Waals surface area (Å²) in [7, 11) is 0. The molecule has 1 aromatic rings. The topological polar surface area (TPSA) is 78.8 Å². The first-order chi connectivity index (χ1) is 8.02. The molecule has 5 nitrogen and oxygen atoms in total. The van der Waals surface area contributed by atoms with Crippen molar-refractivity contribution in [2.75, 3.05) is 13.2 Å². The second-order valence-electron chi connectivity index (χ2n) is 4.49. The van der Waals surface area contributed by atoms with Crippen molar-refractivity contribution in [3.05, 3.63) is 23.8 Å². The van der Waals surface area contributed by atoms with Gasteiger partial charge in [-0.05, 0) is 25.5 Å². The smallest absolute Gasteiger partial charge is 0.255 e. The highest BCUT2D eigenvalue weighted by Crippen LogP contribution is 2.29. The van der Waals surface area contributed by atoms with Gasteiger partial charge in [-0.15, -0.1) is 0 Å². The van der Waals surface area contributed by atoms with Gasteiger partial charge in [-0.2, -0.15) is 0 Å². The van der Waals surface area contributed by atoms with Gasteiger partial charge in [0.2, 0.25) is 0 Å². The highest BCUT2D eigenvalue weighted by atomic mass is 16.5. The number of nitrogens with one attached hydrogen (secondary N) is 1. The summed E-state index contributed by atoms with van der Waals surface area (Å²) < 4.78 is 5.22. The van der Waals surface area contributed by atoms with E-state index in [2.05, 4.69) is 5.32 Å². The largest absolute Gasteiger partial charge is 0.504 e. The van der Waals surface area contributed by atoms with Crippen LogP contribution in [-0.2, 0) is 4.74 Å². The molecule has 0 spiro atoms. The zero-order chi connectivity index (χ0) is 12.5. The Morgan fingerprint density at radius 1 is 1.47 bits per heavy atom. The van der Waals surface area contributed by atoms with Crippen LogP contribution in [0.1, 0.15) is 23.7 Å². The lowest BCUT2D eigenvalue weighted by molar-refractivity contribution is 0.0886. The Morgan fingerprint density at radius 3 is 2.88 bits per heavy atom. The SMILES string of the molecule is CC1(NC(=O)c2cccc(O)c2O)CCOC1. The summed E-state index contributed by atoms with van der Waals surface area (Å²) >= 11 is 0. The minimum absolute atomic E-state index is 0.0677. The average Bonchev–Trinajstić information content (AvgIpc) is 2.68. The van der Waals surface area contributed by atoms with E-state index in [0.717, 1.165) is 6.42 Å². The van der Waals surface area contributed by atoms with Crippen LogP contribution < -0.4 is 5.32 Å². The van der Waals surface area contributed by atoms with Crippen LogP contribution in [0.25, 0.3) is 0 Å². The summed E-state index contributed by atoms with van der Waals surface area (Å²) in [4.78, 5) is 11.9. The molecule has 92 valence electrons. The van der Waals surface area contributed by atoms with E-state index in [9.17, 15) is 15.0 Å². The predicted octanol–water partition coefficient (Wildman–Crippen LogP) is 1.01. The number of rotatable bonds is 2. The van der Waals surface area contributed by atoms with Crippen LogP contribution in [0.5, 0.6) is 11.5 Å². The molecule has 0 saturated carbocycles. The molecule has 1 fully saturated rings. The average molecular weight is 237 g/mol. The van der Waals surface area contributed by atoms with Crippen LogP contribution >= 0.6 is 0 Å². The number of ether oxygens (including phenoxy) is 1. The van der Waals surface area contributed by atoms with E-state index in [1.807, 2.05) is 6.92 Å². The lowest BCUT2D eigenvalue weighted by Crippen LogP contribution is -2.46. The van der Waals surface area contributed by atoms with E-state index >= 15 is 0 Å². The summed E-state index contributed by atoms with van der Waals surface area (Å²) in [6.45, 7) is 2.96. The van der Waals surface area contributed by atoms with Gasteiger partial charge in [0.25, 0.3) is 5.91 Å². The maximum Gasteiger partial charge on any atom is 0.255 e. The van der Waals surface area contributed by atoms with E-state index in [1.54, 1.807) is 0 Å². The zero-order valence-electron chi connectivity index (χ0n) is 9.56. The molecule has 17 heavy (non-hydrogen) atoms.